The highest BCUT2D eigenvalue weighted by molar-refractivity contribution is 8.00. The smallest absolute Gasteiger partial charge is 0.122 e. The lowest BCUT2D eigenvalue weighted by Gasteiger charge is -2.23. The lowest BCUT2D eigenvalue weighted by atomic mass is 10.1. The Kier molecular flexibility index (Phi) is 5.44. The molecule has 0 radical (unpaired) electrons. The average molecular weight is 311 g/mol. The molecular weight excluding hydrogens is 280 g/mol. The van der Waals surface area contributed by atoms with Crippen LogP contribution >= 0.6 is 11.8 Å². The third kappa shape index (κ3) is 5.68. The molecule has 21 heavy (non-hydrogen) atoms. The molecule has 3 nitrogen and oxygen atoms in total. The van der Waals surface area contributed by atoms with Gasteiger partial charge >= 0.3 is 0 Å². The molecule has 0 unspecified atom stereocenters. The van der Waals surface area contributed by atoms with Crippen molar-refractivity contribution < 1.29 is 4.42 Å². The fraction of sp³-hybridized carbons (Fsp3) is 0.765. The van der Waals surface area contributed by atoms with Crippen molar-refractivity contribution in [1.29, 1.82) is 0 Å². The van der Waals surface area contributed by atoms with Crippen LogP contribution in [0.2, 0.25) is 0 Å². The molecule has 2 rings (SSSR count). The molecule has 0 spiro atoms. The zero-order chi connectivity index (χ0) is 15.5. The van der Waals surface area contributed by atoms with Crippen LogP contribution in [0.25, 0.3) is 0 Å². The predicted molar refractivity (Wildman–Crippen MR) is 91.7 cm³/mol. The first-order chi connectivity index (χ1) is 9.75. The Bertz CT molecular complexity index is 448. The van der Waals surface area contributed by atoms with E-state index in [1.807, 2.05) is 6.26 Å². The number of hydrogen-bond acceptors (Lipinski definition) is 4. The maximum absolute atomic E-state index is 5.74. The molecule has 1 aliphatic heterocycles. The van der Waals surface area contributed by atoms with E-state index in [-0.39, 0.29) is 5.54 Å². The fourth-order valence-electron chi connectivity index (χ4n) is 2.45. The largest absolute Gasteiger partial charge is 0.468 e. The minimum atomic E-state index is 0.137. The van der Waals surface area contributed by atoms with Crippen LogP contribution in [0.1, 0.15) is 52.4 Å². The molecule has 1 fully saturated rings. The van der Waals surface area contributed by atoms with E-state index in [9.17, 15) is 0 Å². The molecule has 0 atom stereocenters. The lowest BCUT2D eigenvalue weighted by Crippen LogP contribution is -2.35. The van der Waals surface area contributed by atoms with Gasteiger partial charge in [0.25, 0.3) is 0 Å². The van der Waals surface area contributed by atoms with Gasteiger partial charge in [-0.2, -0.15) is 11.8 Å². The molecule has 4 heteroatoms. The average Bonchev–Trinajstić information content (AvgIpc) is 2.72. The van der Waals surface area contributed by atoms with Gasteiger partial charge in [-0.3, -0.25) is 4.90 Å². The quantitative estimate of drug-likeness (QED) is 0.913. The number of rotatable bonds is 4. The molecule has 1 aromatic rings. The lowest BCUT2D eigenvalue weighted by molar-refractivity contribution is 0.251. The van der Waals surface area contributed by atoms with Crippen molar-refractivity contribution in [2.24, 2.45) is 0 Å². The molecule has 0 saturated carbocycles. The van der Waals surface area contributed by atoms with Crippen LogP contribution in [0.4, 0.5) is 0 Å². The van der Waals surface area contributed by atoms with E-state index in [1.54, 1.807) is 0 Å². The number of furan rings is 1. The van der Waals surface area contributed by atoms with Gasteiger partial charge in [-0.1, -0.05) is 13.8 Å². The van der Waals surface area contributed by atoms with Gasteiger partial charge in [0.05, 0.1) is 12.8 Å². The molecule has 0 amide bonds. The summed E-state index contributed by atoms with van der Waals surface area (Å²) in [5, 5.41) is 3.54. The van der Waals surface area contributed by atoms with E-state index in [0.717, 1.165) is 31.9 Å². The topological polar surface area (TPSA) is 28.4 Å². The van der Waals surface area contributed by atoms with E-state index < -0.39 is 0 Å². The first-order valence-corrected chi connectivity index (χ1v) is 8.90. The summed E-state index contributed by atoms with van der Waals surface area (Å²) in [4.78, 5) is 2.53. The van der Waals surface area contributed by atoms with Crippen molar-refractivity contribution >= 4 is 11.8 Å². The van der Waals surface area contributed by atoms with Crippen LogP contribution in [0, 0.1) is 0 Å². The van der Waals surface area contributed by atoms with Gasteiger partial charge in [-0.25, -0.2) is 0 Å². The van der Waals surface area contributed by atoms with Gasteiger partial charge < -0.3 is 9.73 Å². The first-order valence-electron chi connectivity index (χ1n) is 7.92. The normalized spacial score (nSPS) is 20.4. The van der Waals surface area contributed by atoms with Gasteiger partial charge in [0.15, 0.2) is 0 Å². The Labute approximate surface area is 133 Å². The summed E-state index contributed by atoms with van der Waals surface area (Å²) in [7, 11) is 0. The van der Waals surface area contributed by atoms with Crippen LogP contribution in [0.5, 0.6) is 0 Å². The first kappa shape index (κ1) is 16.9. The van der Waals surface area contributed by atoms with Crippen molar-refractivity contribution in [3.05, 3.63) is 23.7 Å². The summed E-state index contributed by atoms with van der Waals surface area (Å²) in [6.45, 7) is 15.4. The summed E-state index contributed by atoms with van der Waals surface area (Å²) >= 11 is 2.09. The zero-order valence-electron chi connectivity index (χ0n) is 14.2. The maximum Gasteiger partial charge on any atom is 0.122 e. The second-order valence-corrected chi connectivity index (χ2v) is 9.41. The molecular formula is C17H30N2OS. The van der Waals surface area contributed by atoms with Crippen molar-refractivity contribution in [1.82, 2.24) is 10.2 Å². The summed E-state index contributed by atoms with van der Waals surface area (Å²) in [6.07, 6.45) is 3.07. The van der Waals surface area contributed by atoms with Crippen LogP contribution in [-0.4, -0.2) is 34.0 Å². The van der Waals surface area contributed by atoms with Gasteiger partial charge in [0.1, 0.15) is 5.76 Å². The third-order valence-corrected chi connectivity index (χ3v) is 5.32. The Morgan fingerprint density at radius 3 is 2.81 bits per heavy atom. The van der Waals surface area contributed by atoms with E-state index in [2.05, 4.69) is 62.7 Å². The Balaban J connectivity index is 1.92. The van der Waals surface area contributed by atoms with E-state index in [0.29, 0.717) is 4.75 Å². The Morgan fingerprint density at radius 1 is 1.33 bits per heavy atom. The Hall–Kier alpha value is -0.450. The summed E-state index contributed by atoms with van der Waals surface area (Å²) in [5.41, 5.74) is 1.43. The standard InChI is InChI=1S/C17H30N2OS/c1-16(2,3)18-12-14-6-10-20-15(14)13-19-8-7-17(4,5)21-11-9-19/h6,10,18H,7-9,11-13H2,1-5H3. The monoisotopic (exact) mass is 310 g/mol. The molecule has 120 valence electrons. The highest BCUT2D eigenvalue weighted by Gasteiger charge is 2.24. The predicted octanol–water partition coefficient (Wildman–Crippen LogP) is 3.89. The van der Waals surface area contributed by atoms with Crippen molar-refractivity contribution in [3.63, 3.8) is 0 Å². The van der Waals surface area contributed by atoms with Crippen molar-refractivity contribution in [2.75, 3.05) is 18.8 Å². The molecule has 1 aromatic heterocycles. The van der Waals surface area contributed by atoms with Crippen molar-refractivity contribution in [2.45, 2.75) is 64.4 Å². The van der Waals surface area contributed by atoms with E-state index >= 15 is 0 Å². The molecule has 0 aromatic carbocycles. The number of nitrogens with one attached hydrogen (secondary N) is 1. The second kappa shape index (κ2) is 6.76. The van der Waals surface area contributed by atoms with Crippen LogP contribution in [0.15, 0.2) is 16.7 Å². The molecule has 2 heterocycles. The van der Waals surface area contributed by atoms with Gasteiger partial charge in [-0.05, 0) is 39.8 Å². The Morgan fingerprint density at radius 2 is 2.10 bits per heavy atom. The highest BCUT2D eigenvalue weighted by atomic mass is 32.2. The number of thioether (sulfide) groups is 1. The molecule has 1 saturated heterocycles. The minimum Gasteiger partial charge on any atom is -0.468 e. The van der Waals surface area contributed by atoms with Gasteiger partial charge in [0, 0.05) is 34.7 Å². The third-order valence-electron chi connectivity index (χ3n) is 3.94. The summed E-state index contributed by atoms with van der Waals surface area (Å²) in [6, 6.07) is 2.10. The maximum atomic E-state index is 5.74. The summed E-state index contributed by atoms with van der Waals surface area (Å²) < 4.78 is 6.15. The fourth-order valence-corrected chi connectivity index (χ4v) is 3.58. The highest BCUT2D eigenvalue weighted by Crippen LogP contribution is 2.31. The number of hydrogen-bond donors (Lipinski definition) is 1. The van der Waals surface area contributed by atoms with E-state index in [1.165, 1.54) is 17.7 Å². The SMILES string of the molecule is CC(C)(C)NCc1ccoc1CN1CCSC(C)(C)CC1. The van der Waals surface area contributed by atoms with Crippen molar-refractivity contribution in [3.8, 4) is 0 Å². The van der Waals surface area contributed by atoms with E-state index in [4.69, 9.17) is 4.42 Å². The van der Waals surface area contributed by atoms with Gasteiger partial charge in [0.2, 0.25) is 0 Å². The van der Waals surface area contributed by atoms with Gasteiger partial charge in [-0.15, -0.1) is 0 Å². The molecule has 1 aliphatic rings. The van der Waals surface area contributed by atoms with Crippen LogP contribution < -0.4 is 5.32 Å². The zero-order valence-corrected chi connectivity index (χ0v) is 15.0. The summed E-state index contributed by atoms with van der Waals surface area (Å²) in [5.74, 6) is 2.33. The molecule has 0 bridgehead atoms. The van der Waals surface area contributed by atoms with Crippen LogP contribution in [0.3, 0.4) is 0 Å². The minimum absolute atomic E-state index is 0.137. The second-order valence-electron chi connectivity index (χ2n) is 7.61. The molecule has 0 aliphatic carbocycles. The van der Waals surface area contributed by atoms with Crippen LogP contribution in [-0.2, 0) is 13.1 Å². The molecule has 1 N–H and O–H groups in total. The number of nitrogens with zero attached hydrogens (tertiary/aromatic N) is 1.